The number of non-ortho nitro benzene ring substituents is 1. The van der Waals surface area contributed by atoms with Gasteiger partial charge in [-0.3, -0.25) is 14.9 Å². The molecule has 1 amide bonds. The lowest BCUT2D eigenvalue weighted by molar-refractivity contribution is -0.384. The molecule has 0 aromatic heterocycles. The predicted octanol–water partition coefficient (Wildman–Crippen LogP) is 2.17. The topological polar surface area (TPSA) is 119 Å². The van der Waals surface area contributed by atoms with Gasteiger partial charge in [-0.05, 0) is 30.3 Å². The highest BCUT2D eigenvalue weighted by Crippen LogP contribution is 2.25. The van der Waals surface area contributed by atoms with E-state index in [2.05, 4.69) is 5.32 Å². The standard InChI is InChI=1S/C17H15FN2O6/c1-26-15-7-6-13(20(24)25)8-11(15)9-14(17(22)23)19-16(21)10-2-4-12(18)5-3-10/h2-8,14H,9H2,1H3,(H,19,21)(H,22,23)/t14-/m1/s1. The third kappa shape index (κ3) is 4.53. The maximum atomic E-state index is 12.9. The molecule has 0 unspecified atom stereocenters. The summed E-state index contributed by atoms with van der Waals surface area (Å²) in [4.78, 5) is 33.9. The summed E-state index contributed by atoms with van der Waals surface area (Å²) in [7, 11) is 1.34. The van der Waals surface area contributed by atoms with Crippen LogP contribution in [0.2, 0.25) is 0 Å². The van der Waals surface area contributed by atoms with E-state index in [1.165, 1.54) is 37.4 Å². The molecular formula is C17H15FN2O6. The molecule has 0 heterocycles. The number of nitrogens with one attached hydrogen (secondary N) is 1. The Balaban J connectivity index is 2.24. The number of carbonyl (C=O) groups is 2. The fourth-order valence-electron chi connectivity index (χ4n) is 2.30. The van der Waals surface area contributed by atoms with Gasteiger partial charge >= 0.3 is 5.97 Å². The first-order valence-corrected chi connectivity index (χ1v) is 7.42. The van der Waals surface area contributed by atoms with Crippen molar-refractivity contribution in [2.75, 3.05) is 7.11 Å². The number of carboxylic acid groups (broad SMARTS) is 1. The summed E-state index contributed by atoms with van der Waals surface area (Å²) >= 11 is 0. The molecule has 0 aliphatic rings. The highest BCUT2D eigenvalue weighted by atomic mass is 19.1. The number of nitrogens with zero attached hydrogens (tertiary/aromatic N) is 1. The zero-order valence-corrected chi connectivity index (χ0v) is 13.6. The normalized spacial score (nSPS) is 11.5. The summed E-state index contributed by atoms with van der Waals surface area (Å²) in [6, 6.07) is 7.02. The largest absolute Gasteiger partial charge is 0.496 e. The summed E-state index contributed by atoms with van der Waals surface area (Å²) in [5.41, 5.74) is 0.118. The van der Waals surface area contributed by atoms with Crippen LogP contribution in [-0.2, 0) is 11.2 Å². The molecule has 0 aliphatic heterocycles. The minimum Gasteiger partial charge on any atom is -0.496 e. The van der Waals surface area contributed by atoms with Crippen LogP contribution < -0.4 is 10.1 Å². The van der Waals surface area contributed by atoms with Crippen molar-refractivity contribution in [3.63, 3.8) is 0 Å². The molecule has 2 aromatic rings. The van der Waals surface area contributed by atoms with Gasteiger partial charge in [0.25, 0.3) is 11.6 Å². The number of aliphatic carboxylic acids is 1. The number of methoxy groups -OCH3 is 1. The van der Waals surface area contributed by atoms with Crippen molar-refractivity contribution in [1.29, 1.82) is 0 Å². The number of ether oxygens (including phenoxy) is 1. The van der Waals surface area contributed by atoms with Gasteiger partial charge in [-0.15, -0.1) is 0 Å². The van der Waals surface area contributed by atoms with Gasteiger partial charge in [0, 0.05) is 29.7 Å². The molecule has 0 saturated heterocycles. The Kier molecular flexibility index (Phi) is 5.84. The van der Waals surface area contributed by atoms with E-state index in [0.717, 1.165) is 12.1 Å². The van der Waals surface area contributed by atoms with Crippen molar-refractivity contribution in [2.24, 2.45) is 0 Å². The fraction of sp³-hybridized carbons (Fsp3) is 0.176. The molecule has 0 radical (unpaired) electrons. The van der Waals surface area contributed by atoms with Crippen LogP contribution in [0.3, 0.4) is 0 Å². The van der Waals surface area contributed by atoms with Crippen LogP contribution in [0.15, 0.2) is 42.5 Å². The van der Waals surface area contributed by atoms with Crippen molar-refractivity contribution < 1.29 is 28.7 Å². The predicted molar refractivity (Wildman–Crippen MR) is 88.6 cm³/mol. The lowest BCUT2D eigenvalue weighted by Crippen LogP contribution is -2.42. The van der Waals surface area contributed by atoms with Gasteiger partial charge in [0.05, 0.1) is 12.0 Å². The van der Waals surface area contributed by atoms with E-state index < -0.39 is 28.7 Å². The monoisotopic (exact) mass is 362 g/mol. The van der Waals surface area contributed by atoms with Crippen LogP contribution in [0.25, 0.3) is 0 Å². The maximum absolute atomic E-state index is 12.9. The summed E-state index contributed by atoms with van der Waals surface area (Å²) in [5, 5.41) is 22.6. The second kappa shape index (κ2) is 8.06. The second-order valence-corrected chi connectivity index (χ2v) is 5.33. The lowest BCUT2D eigenvalue weighted by atomic mass is 10.0. The first kappa shape index (κ1) is 18.8. The van der Waals surface area contributed by atoms with Gasteiger partial charge in [0.15, 0.2) is 0 Å². The van der Waals surface area contributed by atoms with Gasteiger partial charge in [0.1, 0.15) is 17.6 Å². The van der Waals surface area contributed by atoms with Crippen LogP contribution >= 0.6 is 0 Å². The molecule has 2 rings (SSSR count). The first-order valence-electron chi connectivity index (χ1n) is 7.42. The molecule has 9 heteroatoms. The molecule has 0 aliphatic carbocycles. The van der Waals surface area contributed by atoms with E-state index in [0.29, 0.717) is 0 Å². The first-order chi connectivity index (χ1) is 12.3. The average Bonchev–Trinajstić information content (AvgIpc) is 2.61. The third-order valence-corrected chi connectivity index (χ3v) is 3.61. The van der Waals surface area contributed by atoms with Crippen molar-refractivity contribution >= 4 is 17.6 Å². The number of amides is 1. The lowest BCUT2D eigenvalue weighted by Gasteiger charge is -2.16. The van der Waals surface area contributed by atoms with Crippen LogP contribution in [0.4, 0.5) is 10.1 Å². The van der Waals surface area contributed by atoms with Crippen molar-refractivity contribution in [3.8, 4) is 5.75 Å². The summed E-state index contributed by atoms with van der Waals surface area (Å²) in [5.74, 6) is -2.30. The van der Waals surface area contributed by atoms with Crippen molar-refractivity contribution in [1.82, 2.24) is 5.32 Å². The Morgan fingerprint density at radius 3 is 2.46 bits per heavy atom. The van der Waals surface area contributed by atoms with Gasteiger partial charge in [-0.25, -0.2) is 9.18 Å². The Bertz CT molecular complexity index is 838. The van der Waals surface area contributed by atoms with E-state index >= 15 is 0 Å². The molecule has 0 saturated carbocycles. The van der Waals surface area contributed by atoms with Crippen molar-refractivity contribution in [2.45, 2.75) is 12.5 Å². The molecule has 1 atom stereocenters. The molecule has 0 spiro atoms. The van der Waals surface area contributed by atoms with E-state index in [1.807, 2.05) is 0 Å². The molecule has 0 fully saturated rings. The maximum Gasteiger partial charge on any atom is 0.326 e. The number of nitro benzene ring substituents is 1. The smallest absolute Gasteiger partial charge is 0.326 e. The number of hydrogen-bond donors (Lipinski definition) is 2. The van der Waals surface area contributed by atoms with Gasteiger partial charge in [-0.2, -0.15) is 0 Å². The Hall–Kier alpha value is -3.49. The molecule has 2 aromatic carbocycles. The number of hydrogen-bond acceptors (Lipinski definition) is 5. The number of nitro groups is 1. The quantitative estimate of drug-likeness (QED) is 0.575. The number of halogens is 1. The number of rotatable bonds is 7. The van der Waals surface area contributed by atoms with Crippen LogP contribution in [0.5, 0.6) is 5.75 Å². The minimum atomic E-state index is -1.36. The van der Waals surface area contributed by atoms with E-state index in [4.69, 9.17) is 4.74 Å². The average molecular weight is 362 g/mol. The van der Waals surface area contributed by atoms with E-state index in [-0.39, 0.29) is 29.0 Å². The summed E-state index contributed by atoms with van der Waals surface area (Å²) < 4.78 is 18.0. The van der Waals surface area contributed by atoms with Gasteiger partial charge in [-0.1, -0.05) is 0 Å². The van der Waals surface area contributed by atoms with E-state index in [1.54, 1.807) is 0 Å². The molecule has 136 valence electrons. The third-order valence-electron chi connectivity index (χ3n) is 3.61. The van der Waals surface area contributed by atoms with Crippen LogP contribution in [0.1, 0.15) is 15.9 Å². The molecule has 0 bridgehead atoms. The fourth-order valence-corrected chi connectivity index (χ4v) is 2.30. The van der Waals surface area contributed by atoms with Crippen LogP contribution in [-0.4, -0.2) is 35.1 Å². The van der Waals surface area contributed by atoms with E-state index in [9.17, 15) is 29.2 Å². The molecule has 8 nitrogen and oxygen atoms in total. The molecule has 26 heavy (non-hydrogen) atoms. The van der Waals surface area contributed by atoms with Gasteiger partial charge < -0.3 is 15.2 Å². The Morgan fingerprint density at radius 1 is 1.27 bits per heavy atom. The second-order valence-electron chi connectivity index (χ2n) is 5.33. The summed E-state index contributed by atoms with van der Waals surface area (Å²) in [6.07, 6.45) is -0.229. The zero-order chi connectivity index (χ0) is 19.3. The highest BCUT2D eigenvalue weighted by Gasteiger charge is 2.24. The number of carbonyl (C=O) groups excluding carboxylic acids is 1. The summed E-state index contributed by atoms with van der Waals surface area (Å²) in [6.45, 7) is 0. The SMILES string of the molecule is COc1ccc([N+](=O)[O-])cc1C[C@@H](NC(=O)c1ccc(F)cc1)C(=O)O. The van der Waals surface area contributed by atoms with Crippen LogP contribution in [0, 0.1) is 15.9 Å². The number of carboxylic acids is 1. The Morgan fingerprint density at radius 2 is 1.92 bits per heavy atom. The van der Waals surface area contributed by atoms with Gasteiger partial charge in [0.2, 0.25) is 0 Å². The molecule has 2 N–H and O–H groups in total. The van der Waals surface area contributed by atoms with Crippen molar-refractivity contribution in [3.05, 3.63) is 69.5 Å². The minimum absolute atomic E-state index is 0.0867. The highest BCUT2D eigenvalue weighted by molar-refractivity contribution is 5.96. The molecular weight excluding hydrogens is 347 g/mol. The number of benzene rings is 2. The zero-order valence-electron chi connectivity index (χ0n) is 13.6. The Labute approximate surface area is 147 Å².